The number of nitrogens with one attached hydrogen (secondary N) is 2. The number of piperidine rings is 1. The first kappa shape index (κ1) is 20.0. The monoisotopic (exact) mass is 418 g/mol. The molecule has 0 amide bonds. The highest BCUT2D eigenvalue weighted by molar-refractivity contribution is 5.77. The predicted octanol–water partition coefficient (Wildman–Crippen LogP) is 4.74. The molecule has 1 saturated carbocycles. The van der Waals surface area contributed by atoms with Crippen molar-refractivity contribution in [3.63, 3.8) is 0 Å². The lowest BCUT2D eigenvalue weighted by atomic mass is 9.94. The van der Waals surface area contributed by atoms with Crippen LogP contribution in [0.4, 0.5) is 10.1 Å². The minimum atomic E-state index is -0.411. The normalized spacial score (nSPS) is 24.7. The number of benzene rings is 2. The quantitative estimate of drug-likeness (QED) is 0.544. The summed E-state index contributed by atoms with van der Waals surface area (Å²) < 4.78 is 14.0. The lowest BCUT2D eigenvalue weighted by Gasteiger charge is -2.48. The van der Waals surface area contributed by atoms with E-state index in [1.54, 1.807) is 6.07 Å². The van der Waals surface area contributed by atoms with E-state index in [4.69, 9.17) is 0 Å². The van der Waals surface area contributed by atoms with Gasteiger partial charge in [0.05, 0.1) is 31.3 Å². The molecule has 2 N–H and O–H groups in total. The lowest BCUT2D eigenvalue weighted by molar-refractivity contribution is -0.887. The summed E-state index contributed by atoms with van der Waals surface area (Å²) in [6.07, 6.45) is 8.10. The number of quaternary nitrogens is 1. The number of rotatable bonds is 5. The van der Waals surface area contributed by atoms with Gasteiger partial charge in [-0.25, -0.2) is 4.39 Å². The van der Waals surface area contributed by atoms with Crippen molar-refractivity contribution in [3.8, 4) is 17.2 Å². The maximum atomic E-state index is 14.1. The average Bonchev–Trinajstić information content (AvgIpc) is 3.58. The summed E-state index contributed by atoms with van der Waals surface area (Å²) in [7, 11) is 0. The molecule has 0 atom stereocenters. The summed E-state index contributed by atoms with van der Waals surface area (Å²) >= 11 is 0. The van der Waals surface area contributed by atoms with Gasteiger partial charge < -0.3 is 20.5 Å². The van der Waals surface area contributed by atoms with Crippen molar-refractivity contribution < 1.29 is 9.04 Å². The first-order valence-corrected chi connectivity index (χ1v) is 11.1. The molecule has 160 valence electrons. The summed E-state index contributed by atoms with van der Waals surface area (Å²) in [6, 6.07) is 10.8. The molecule has 0 aromatic heterocycles. The van der Waals surface area contributed by atoms with E-state index in [0.29, 0.717) is 30.1 Å². The van der Waals surface area contributed by atoms with Gasteiger partial charge in [-0.05, 0) is 72.1 Å². The molecule has 5 nitrogen and oxygen atoms in total. The van der Waals surface area contributed by atoms with Gasteiger partial charge in [0.2, 0.25) is 0 Å². The molecule has 2 aliphatic heterocycles. The standard InChI is InChI=1S/C25H27FN4O/c26-22-10-18(14-27)9-20(12-22)21-11-19-3-6-28-15-24(19)25(13-21)29-23-4-7-30(31,8-5-23)16-17-1-2-17/h3,6,9-13,17,23,28-29H,1-2,4-5,7-8,15-16H2. The highest BCUT2D eigenvalue weighted by atomic mass is 19.1. The molecule has 1 aliphatic carbocycles. The molecule has 5 rings (SSSR count). The minimum Gasteiger partial charge on any atom is -0.633 e. The van der Waals surface area contributed by atoms with Gasteiger partial charge in [-0.1, -0.05) is 0 Å². The molecule has 0 bridgehead atoms. The fourth-order valence-corrected chi connectivity index (χ4v) is 4.82. The molecule has 0 unspecified atom stereocenters. The zero-order valence-corrected chi connectivity index (χ0v) is 17.5. The topological polar surface area (TPSA) is 70.9 Å². The molecule has 2 aromatic carbocycles. The second-order valence-electron chi connectivity index (χ2n) is 9.20. The summed E-state index contributed by atoms with van der Waals surface area (Å²) in [6.45, 7) is 2.84. The summed E-state index contributed by atoms with van der Waals surface area (Å²) in [4.78, 5) is 0. The molecular formula is C25H27FN4O. The smallest absolute Gasteiger partial charge is 0.125 e. The molecule has 2 aromatic rings. The van der Waals surface area contributed by atoms with Crippen LogP contribution in [0.25, 0.3) is 17.2 Å². The van der Waals surface area contributed by atoms with Crippen LogP contribution in [0.15, 0.2) is 36.5 Å². The fraction of sp³-hybridized carbons (Fsp3) is 0.400. The van der Waals surface area contributed by atoms with Gasteiger partial charge in [0.15, 0.2) is 0 Å². The predicted molar refractivity (Wildman–Crippen MR) is 120 cm³/mol. The molecule has 0 radical (unpaired) electrons. The third kappa shape index (κ3) is 4.43. The van der Waals surface area contributed by atoms with Gasteiger partial charge in [0.25, 0.3) is 0 Å². The molecule has 6 heteroatoms. The van der Waals surface area contributed by atoms with Gasteiger partial charge in [0.1, 0.15) is 5.82 Å². The first-order chi connectivity index (χ1) is 15.0. The van der Waals surface area contributed by atoms with Crippen LogP contribution in [-0.2, 0) is 6.54 Å². The van der Waals surface area contributed by atoms with Crippen LogP contribution in [-0.4, -0.2) is 30.3 Å². The van der Waals surface area contributed by atoms with E-state index < -0.39 is 5.82 Å². The van der Waals surface area contributed by atoms with Crippen molar-refractivity contribution in [2.45, 2.75) is 38.3 Å². The van der Waals surface area contributed by atoms with Crippen molar-refractivity contribution in [1.29, 1.82) is 5.26 Å². The Bertz CT molecular complexity index is 1060. The third-order valence-electron chi connectivity index (χ3n) is 6.72. The highest BCUT2D eigenvalue weighted by Gasteiger charge is 2.34. The average molecular weight is 419 g/mol. The van der Waals surface area contributed by atoms with E-state index in [1.165, 1.54) is 30.5 Å². The fourth-order valence-electron chi connectivity index (χ4n) is 4.82. The van der Waals surface area contributed by atoms with E-state index in [9.17, 15) is 14.9 Å². The molecule has 3 aliphatic rings. The zero-order chi connectivity index (χ0) is 21.4. The Labute approximate surface area is 182 Å². The second kappa shape index (κ2) is 7.99. The Kier molecular flexibility index (Phi) is 5.17. The van der Waals surface area contributed by atoms with E-state index in [0.717, 1.165) is 42.7 Å². The summed E-state index contributed by atoms with van der Waals surface area (Å²) in [5.74, 6) is 0.235. The van der Waals surface area contributed by atoms with Crippen LogP contribution in [0.2, 0.25) is 0 Å². The van der Waals surface area contributed by atoms with Gasteiger partial charge in [-0.3, -0.25) is 0 Å². The SMILES string of the molecule is N#Cc1cc(F)cc(-c2cc3c(c(NC4CC[N+]([O-])(CC5CC5)CC4)c2)CNC=C3)c1. The Morgan fingerprint density at radius 1 is 1.10 bits per heavy atom. The molecular weight excluding hydrogens is 391 g/mol. The van der Waals surface area contributed by atoms with Crippen LogP contribution >= 0.6 is 0 Å². The van der Waals surface area contributed by atoms with Gasteiger partial charge in [-0.15, -0.1) is 0 Å². The zero-order valence-electron chi connectivity index (χ0n) is 17.5. The summed E-state index contributed by atoms with van der Waals surface area (Å²) in [5, 5.41) is 29.1. The van der Waals surface area contributed by atoms with Crippen molar-refractivity contribution in [2.24, 2.45) is 5.92 Å². The van der Waals surface area contributed by atoms with Crippen molar-refractivity contribution in [2.75, 3.05) is 25.0 Å². The van der Waals surface area contributed by atoms with Crippen LogP contribution in [0, 0.1) is 28.3 Å². The lowest BCUT2D eigenvalue weighted by Crippen LogP contribution is -2.51. The second-order valence-corrected chi connectivity index (χ2v) is 9.20. The first-order valence-electron chi connectivity index (χ1n) is 11.1. The number of hydroxylamine groups is 3. The molecule has 0 spiro atoms. The van der Waals surface area contributed by atoms with Gasteiger partial charge in [0, 0.05) is 42.6 Å². The van der Waals surface area contributed by atoms with E-state index >= 15 is 0 Å². The maximum absolute atomic E-state index is 14.1. The molecule has 2 heterocycles. The maximum Gasteiger partial charge on any atom is 0.125 e. The van der Waals surface area contributed by atoms with Crippen LogP contribution in [0.1, 0.15) is 42.4 Å². The molecule has 1 saturated heterocycles. The van der Waals surface area contributed by atoms with Crippen LogP contribution < -0.4 is 10.6 Å². The molecule has 31 heavy (non-hydrogen) atoms. The van der Waals surface area contributed by atoms with E-state index in [1.807, 2.05) is 30.5 Å². The Morgan fingerprint density at radius 2 is 1.87 bits per heavy atom. The number of halogens is 1. The van der Waals surface area contributed by atoms with E-state index in [2.05, 4.69) is 10.6 Å². The number of nitrogens with zero attached hydrogens (tertiary/aromatic N) is 2. The molecule has 2 fully saturated rings. The largest absolute Gasteiger partial charge is 0.633 e. The van der Waals surface area contributed by atoms with E-state index in [-0.39, 0.29) is 10.7 Å². The van der Waals surface area contributed by atoms with Crippen molar-refractivity contribution in [3.05, 3.63) is 64.2 Å². The number of likely N-dealkylation sites (tertiary alicyclic amines) is 1. The van der Waals surface area contributed by atoms with Crippen molar-refractivity contribution in [1.82, 2.24) is 5.32 Å². The number of hydrogen-bond donors (Lipinski definition) is 2. The Hall–Kier alpha value is -2.88. The van der Waals surface area contributed by atoms with Crippen LogP contribution in [0.3, 0.4) is 0 Å². The number of fused-ring (bicyclic) bond motifs is 1. The number of hydrogen-bond acceptors (Lipinski definition) is 4. The minimum absolute atomic E-state index is 0.0362. The van der Waals surface area contributed by atoms with Gasteiger partial charge >= 0.3 is 0 Å². The number of nitriles is 1. The third-order valence-corrected chi connectivity index (χ3v) is 6.72. The highest BCUT2D eigenvalue weighted by Crippen LogP contribution is 2.36. The Balaban J connectivity index is 1.41. The van der Waals surface area contributed by atoms with Crippen molar-refractivity contribution >= 4 is 11.8 Å². The van der Waals surface area contributed by atoms with Crippen LogP contribution in [0.5, 0.6) is 0 Å². The Morgan fingerprint density at radius 3 is 2.61 bits per heavy atom. The summed E-state index contributed by atoms with van der Waals surface area (Å²) in [5.41, 5.74) is 5.16. The number of anilines is 1. The van der Waals surface area contributed by atoms with Gasteiger partial charge in [-0.2, -0.15) is 5.26 Å².